The lowest BCUT2D eigenvalue weighted by molar-refractivity contribution is -0.119. The van der Waals surface area contributed by atoms with E-state index in [4.69, 9.17) is 23.2 Å². The number of nitrogens with one attached hydrogen (secondary N) is 3. The van der Waals surface area contributed by atoms with Crippen LogP contribution in [0.2, 0.25) is 10.0 Å². The summed E-state index contributed by atoms with van der Waals surface area (Å²) in [7, 11) is 0. The Bertz CT molecular complexity index is 1310. The molecule has 4 rings (SSSR count). The molecule has 0 saturated heterocycles. The SMILES string of the molecule is C#C.CC(C)C.O=C(CNc1cc(-c2cccs2)nc(NCc2cccc(Cl)c2)n1)NCc1ccc(Cl)cc1. The molecule has 0 bridgehead atoms. The molecule has 1 amide bonds. The molecule has 0 saturated carbocycles. The Hall–Kier alpha value is -3.57. The topological polar surface area (TPSA) is 78.9 Å². The first-order chi connectivity index (χ1) is 18.8. The zero-order valence-electron chi connectivity index (χ0n) is 22.2. The predicted octanol–water partition coefficient (Wildman–Crippen LogP) is 7.76. The van der Waals surface area contributed by atoms with E-state index in [1.807, 2.05) is 60.0 Å². The molecule has 0 fully saturated rings. The average Bonchev–Trinajstić information content (AvgIpc) is 3.47. The fourth-order valence-corrected chi connectivity index (χ4v) is 4.06. The monoisotopic (exact) mass is 581 g/mol. The molecule has 0 aliphatic rings. The van der Waals surface area contributed by atoms with E-state index in [9.17, 15) is 4.79 Å². The van der Waals surface area contributed by atoms with Crippen molar-refractivity contribution in [1.29, 1.82) is 0 Å². The molecule has 2 aromatic carbocycles. The van der Waals surface area contributed by atoms with E-state index < -0.39 is 0 Å². The Kier molecular flexibility index (Phi) is 13.9. The third-order valence-electron chi connectivity index (χ3n) is 4.67. The number of nitrogens with zero attached hydrogens (tertiary/aromatic N) is 2. The summed E-state index contributed by atoms with van der Waals surface area (Å²) in [5.41, 5.74) is 2.77. The normalized spacial score (nSPS) is 9.95. The van der Waals surface area contributed by atoms with Crippen molar-refractivity contribution >= 4 is 52.2 Å². The van der Waals surface area contributed by atoms with Crippen LogP contribution in [0.25, 0.3) is 10.6 Å². The summed E-state index contributed by atoms with van der Waals surface area (Å²) in [5.74, 6) is 1.71. The molecule has 4 aromatic rings. The first kappa shape index (κ1) is 31.6. The van der Waals surface area contributed by atoms with Gasteiger partial charge in [-0.25, -0.2) is 4.98 Å². The molecule has 39 heavy (non-hydrogen) atoms. The van der Waals surface area contributed by atoms with Crippen LogP contribution in [0.4, 0.5) is 11.8 Å². The van der Waals surface area contributed by atoms with Gasteiger partial charge in [-0.1, -0.05) is 74.3 Å². The third kappa shape index (κ3) is 12.2. The van der Waals surface area contributed by atoms with Crippen molar-refractivity contribution < 1.29 is 4.79 Å². The molecule has 0 aliphatic carbocycles. The van der Waals surface area contributed by atoms with Crippen molar-refractivity contribution in [3.63, 3.8) is 0 Å². The van der Waals surface area contributed by atoms with Gasteiger partial charge in [0.15, 0.2) is 0 Å². The molecule has 204 valence electrons. The summed E-state index contributed by atoms with van der Waals surface area (Å²) < 4.78 is 0. The third-order valence-corrected chi connectivity index (χ3v) is 6.05. The lowest BCUT2D eigenvalue weighted by atomic mass is 10.2. The summed E-state index contributed by atoms with van der Waals surface area (Å²) in [6.45, 7) is 7.53. The van der Waals surface area contributed by atoms with Crippen LogP contribution in [0, 0.1) is 18.8 Å². The first-order valence-electron chi connectivity index (χ1n) is 12.3. The highest BCUT2D eigenvalue weighted by atomic mass is 35.5. The van der Waals surface area contributed by atoms with Crippen molar-refractivity contribution in [2.75, 3.05) is 17.2 Å². The van der Waals surface area contributed by atoms with Gasteiger partial charge in [0.2, 0.25) is 11.9 Å². The second-order valence-corrected chi connectivity index (χ2v) is 10.7. The van der Waals surface area contributed by atoms with Crippen LogP contribution in [0.15, 0.2) is 72.1 Å². The van der Waals surface area contributed by atoms with E-state index >= 15 is 0 Å². The second kappa shape index (κ2) is 17.1. The molecule has 0 aliphatic heterocycles. The van der Waals surface area contributed by atoms with Gasteiger partial charge in [0.05, 0.1) is 17.1 Å². The van der Waals surface area contributed by atoms with Crippen LogP contribution < -0.4 is 16.0 Å². The number of terminal acetylenes is 1. The highest BCUT2D eigenvalue weighted by Gasteiger charge is 2.10. The number of rotatable bonds is 9. The maximum atomic E-state index is 12.3. The van der Waals surface area contributed by atoms with Gasteiger partial charge in [0.1, 0.15) is 5.82 Å². The highest BCUT2D eigenvalue weighted by molar-refractivity contribution is 7.13. The minimum Gasteiger partial charge on any atom is -0.361 e. The molecular weight excluding hydrogens is 549 g/mol. The van der Waals surface area contributed by atoms with E-state index in [0.717, 1.165) is 27.6 Å². The van der Waals surface area contributed by atoms with Gasteiger partial charge in [0, 0.05) is 29.2 Å². The molecule has 2 aromatic heterocycles. The van der Waals surface area contributed by atoms with E-state index in [1.165, 1.54) is 0 Å². The minimum absolute atomic E-state index is 0.0855. The van der Waals surface area contributed by atoms with Crippen molar-refractivity contribution in [2.24, 2.45) is 5.92 Å². The van der Waals surface area contributed by atoms with Gasteiger partial charge in [-0.15, -0.1) is 24.2 Å². The number of carbonyl (C=O) groups excluding carboxylic acids is 1. The van der Waals surface area contributed by atoms with Crippen LogP contribution >= 0.6 is 34.5 Å². The highest BCUT2D eigenvalue weighted by Crippen LogP contribution is 2.26. The van der Waals surface area contributed by atoms with Gasteiger partial charge in [-0.05, 0) is 52.8 Å². The van der Waals surface area contributed by atoms with Gasteiger partial charge < -0.3 is 16.0 Å². The molecular formula is C30H33Cl2N5OS. The van der Waals surface area contributed by atoms with Crippen LogP contribution in [-0.2, 0) is 17.9 Å². The Morgan fingerprint density at radius 1 is 0.872 bits per heavy atom. The lowest BCUT2D eigenvalue weighted by Gasteiger charge is -2.11. The predicted molar refractivity (Wildman–Crippen MR) is 166 cm³/mol. The summed E-state index contributed by atoms with van der Waals surface area (Å²) in [4.78, 5) is 22.5. The Balaban J connectivity index is 0.000000815. The van der Waals surface area contributed by atoms with E-state index in [0.29, 0.717) is 34.9 Å². The zero-order chi connectivity index (χ0) is 28.6. The smallest absolute Gasteiger partial charge is 0.239 e. The number of amides is 1. The summed E-state index contributed by atoms with van der Waals surface area (Å²) >= 11 is 13.6. The van der Waals surface area contributed by atoms with Crippen LogP contribution in [0.5, 0.6) is 0 Å². The summed E-state index contributed by atoms with van der Waals surface area (Å²) in [6, 6.07) is 20.8. The average molecular weight is 583 g/mol. The van der Waals surface area contributed by atoms with Gasteiger partial charge >= 0.3 is 0 Å². The van der Waals surface area contributed by atoms with E-state index in [1.54, 1.807) is 23.5 Å². The molecule has 0 unspecified atom stereocenters. The number of benzene rings is 2. The number of hydrogen-bond donors (Lipinski definition) is 3. The number of halogens is 2. The molecule has 2 heterocycles. The minimum atomic E-state index is -0.144. The largest absolute Gasteiger partial charge is 0.361 e. The number of carbonyl (C=O) groups is 1. The Morgan fingerprint density at radius 2 is 1.59 bits per heavy atom. The summed E-state index contributed by atoms with van der Waals surface area (Å²) in [5, 5.41) is 12.6. The quantitative estimate of drug-likeness (QED) is 0.176. The van der Waals surface area contributed by atoms with E-state index in [2.05, 4.69) is 59.5 Å². The molecule has 0 atom stereocenters. The number of aromatic nitrogens is 2. The van der Waals surface area contributed by atoms with Gasteiger partial charge in [-0.2, -0.15) is 4.98 Å². The molecule has 6 nitrogen and oxygen atoms in total. The van der Waals surface area contributed by atoms with Crippen molar-refractivity contribution in [3.05, 3.63) is 93.3 Å². The molecule has 0 radical (unpaired) electrons. The Morgan fingerprint density at radius 3 is 2.23 bits per heavy atom. The first-order valence-corrected chi connectivity index (χ1v) is 13.9. The fourth-order valence-electron chi connectivity index (χ4n) is 3.03. The van der Waals surface area contributed by atoms with Crippen molar-refractivity contribution in [3.8, 4) is 23.4 Å². The number of hydrogen-bond acceptors (Lipinski definition) is 6. The van der Waals surface area contributed by atoms with Crippen molar-refractivity contribution in [2.45, 2.75) is 33.9 Å². The maximum Gasteiger partial charge on any atom is 0.239 e. The van der Waals surface area contributed by atoms with Crippen molar-refractivity contribution in [1.82, 2.24) is 15.3 Å². The van der Waals surface area contributed by atoms with Crippen LogP contribution in [-0.4, -0.2) is 22.4 Å². The Labute approximate surface area is 245 Å². The van der Waals surface area contributed by atoms with E-state index in [-0.39, 0.29) is 12.5 Å². The number of anilines is 2. The van der Waals surface area contributed by atoms with Crippen LogP contribution in [0.1, 0.15) is 31.9 Å². The second-order valence-electron chi connectivity index (χ2n) is 8.91. The maximum absolute atomic E-state index is 12.3. The fraction of sp³-hybridized carbons (Fsp3) is 0.233. The molecule has 3 N–H and O–H groups in total. The zero-order valence-corrected chi connectivity index (χ0v) is 24.6. The molecule has 9 heteroatoms. The lowest BCUT2D eigenvalue weighted by Crippen LogP contribution is -2.29. The molecule has 0 spiro atoms. The standard InChI is InChI=1S/C24H21Cl2N5OS.C4H10.C2H2/c25-18-8-6-16(7-9-18)13-28-23(32)15-27-22-12-20(21-5-2-10-33-21)30-24(31-22)29-14-17-3-1-4-19(26)11-17;1-4(2)3;1-2/h1-12H,13-15H2,(H,28,32)(H2,27,29,30,31);4H,1-3H3;1-2H. The van der Waals surface area contributed by atoms with Gasteiger partial charge in [-0.3, -0.25) is 4.79 Å². The van der Waals surface area contributed by atoms with Gasteiger partial charge in [0.25, 0.3) is 0 Å². The van der Waals surface area contributed by atoms with Crippen LogP contribution in [0.3, 0.4) is 0 Å². The summed E-state index contributed by atoms with van der Waals surface area (Å²) in [6.07, 6.45) is 8.00. The number of thiophene rings is 1.